The number of halogens is 2. The molecular formula is C16H23F2N. The lowest BCUT2D eigenvalue weighted by Gasteiger charge is -2.45. The summed E-state index contributed by atoms with van der Waals surface area (Å²) >= 11 is 0. The van der Waals surface area contributed by atoms with E-state index in [-0.39, 0.29) is 16.9 Å². The molecule has 0 radical (unpaired) electrons. The minimum Gasteiger partial charge on any atom is -0.380 e. The number of anilines is 1. The second-order valence-electron chi connectivity index (χ2n) is 7.38. The molecule has 0 amide bonds. The smallest absolute Gasteiger partial charge is 0.149 e. The van der Waals surface area contributed by atoms with Crippen LogP contribution in [0.25, 0.3) is 0 Å². The Morgan fingerprint density at radius 3 is 2.16 bits per heavy atom. The standard InChI is InChI=1S/C16H23F2N/c1-15(2)8-12(9-16(3,4)10-15)19-14-6-5-11(17)7-13(14)18/h5-7,12,19H,8-10H2,1-4H3. The molecule has 1 aromatic rings. The third kappa shape index (κ3) is 3.68. The molecular weight excluding hydrogens is 244 g/mol. The molecule has 0 bridgehead atoms. The van der Waals surface area contributed by atoms with Crippen molar-refractivity contribution in [1.82, 2.24) is 0 Å². The zero-order valence-corrected chi connectivity index (χ0v) is 12.2. The molecule has 1 fully saturated rings. The van der Waals surface area contributed by atoms with E-state index in [1.807, 2.05) is 0 Å². The van der Waals surface area contributed by atoms with Crippen LogP contribution < -0.4 is 5.32 Å². The highest BCUT2D eigenvalue weighted by Crippen LogP contribution is 2.46. The van der Waals surface area contributed by atoms with E-state index in [2.05, 4.69) is 33.0 Å². The summed E-state index contributed by atoms with van der Waals surface area (Å²) in [6, 6.07) is 3.95. The average molecular weight is 267 g/mol. The fourth-order valence-corrected chi connectivity index (χ4v) is 3.77. The van der Waals surface area contributed by atoms with Crippen LogP contribution in [0.2, 0.25) is 0 Å². The molecule has 1 aliphatic carbocycles. The van der Waals surface area contributed by atoms with Gasteiger partial charge in [0.1, 0.15) is 11.6 Å². The van der Waals surface area contributed by atoms with Gasteiger partial charge in [0.05, 0.1) is 5.69 Å². The molecule has 0 aromatic heterocycles. The summed E-state index contributed by atoms with van der Waals surface area (Å²) < 4.78 is 26.6. The van der Waals surface area contributed by atoms with Gasteiger partial charge in [-0.2, -0.15) is 0 Å². The zero-order chi connectivity index (χ0) is 14.3. The Hall–Kier alpha value is -1.12. The van der Waals surface area contributed by atoms with Crippen LogP contribution in [0.5, 0.6) is 0 Å². The van der Waals surface area contributed by atoms with Crippen LogP contribution in [0.3, 0.4) is 0 Å². The summed E-state index contributed by atoms with van der Waals surface area (Å²) in [4.78, 5) is 0. The molecule has 106 valence electrons. The maximum absolute atomic E-state index is 13.7. The van der Waals surface area contributed by atoms with Gasteiger partial charge in [-0.1, -0.05) is 27.7 Å². The third-order valence-electron chi connectivity index (χ3n) is 3.85. The number of rotatable bonds is 2. The topological polar surface area (TPSA) is 12.0 Å². The highest BCUT2D eigenvalue weighted by atomic mass is 19.1. The monoisotopic (exact) mass is 267 g/mol. The molecule has 0 aliphatic heterocycles. The van der Waals surface area contributed by atoms with Gasteiger partial charge in [0, 0.05) is 12.1 Å². The van der Waals surface area contributed by atoms with Gasteiger partial charge in [-0.25, -0.2) is 8.78 Å². The lowest BCUT2D eigenvalue weighted by molar-refractivity contribution is 0.105. The summed E-state index contributed by atoms with van der Waals surface area (Å²) in [5.74, 6) is -1.05. The molecule has 1 N–H and O–H groups in total. The van der Waals surface area contributed by atoms with E-state index in [0.717, 1.165) is 18.9 Å². The molecule has 1 aliphatic rings. The SMILES string of the molecule is CC1(C)CC(Nc2ccc(F)cc2F)CC(C)(C)C1. The number of benzene rings is 1. The van der Waals surface area contributed by atoms with E-state index in [9.17, 15) is 8.78 Å². The van der Waals surface area contributed by atoms with Gasteiger partial charge in [0.15, 0.2) is 0 Å². The normalized spacial score (nSPS) is 22.2. The first-order valence-electron chi connectivity index (χ1n) is 6.89. The largest absolute Gasteiger partial charge is 0.380 e. The predicted octanol–water partition coefficient (Wildman–Crippen LogP) is 4.98. The maximum Gasteiger partial charge on any atom is 0.149 e. The van der Waals surface area contributed by atoms with Gasteiger partial charge in [-0.05, 0) is 42.2 Å². The van der Waals surface area contributed by atoms with Gasteiger partial charge < -0.3 is 5.32 Å². The van der Waals surface area contributed by atoms with E-state index in [4.69, 9.17) is 0 Å². The third-order valence-corrected chi connectivity index (χ3v) is 3.85. The van der Waals surface area contributed by atoms with E-state index in [1.165, 1.54) is 18.6 Å². The van der Waals surface area contributed by atoms with Crippen molar-refractivity contribution in [3.05, 3.63) is 29.8 Å². The van der Waals surface area contributed by atoms with Crippen molar-refractivity contribution in [3.8, 4) is 0 Å². The lowest BCUT2D eigenvalue weighted by atomic mass is 9.63. The zero-order valence-electron chi connectivity index (χ0n) is 12.2. The first-order chi connectivity index (χ1) is 8.67. The maximum atomic E-state index is 13.7. The quantitative estimate of drug-likeness (QED) is 0.796. The van der Waals surface area contributed by atoms with Crippen LogP contribution in [0.15, 0.2) is 18.2 Å². The second kappa shape index (κ2) is 4.77. The average Bonchev–Trinajstić information content (AvgIpc) is 2.17. The second-order valence-corrected chi connectivity index (χ2v) is 7.38. The van der Waals surface area contributed by atoms with Crippen LogP contribution in [0, 0.1) is 22.5 Å². The molecule has 0 atom stereocenters. The molecule has 3 heteroatoms. The number of hydrogen-bond acceptors (Lipinski definition) is 1. The van der Waals surface area contributed by atoms with Crippen molar-refractivity contribution < 1.29 is 8.78 Å². The highest BCUT2D eigenvalue weighted by Gasteiger charge is 2.38. The molecule has 0 saturated heterocycles. The lowest BCUT2D eigenvalue weighted by Crippen LogP contribution is -2.40. The van der Waals surface area contributed by atoms with Crippen molar-refractivity contribution in [3.63, 3.8) is 0 Å². The number of nitrogens with one attached hydrogen (secondary N) is 1. The Bertz CT molecular complexity index is 450. The van der Waals surface area contributed by atoms with Gasteiger partial charge >= 0.3 is 0 Å². The van der Waals surface area contributed by atoms with Crippen molar-refractivity contribution in [1.29, 1.82) is 0 Å². The Morgan fingerprint density at radius 2 is 1.63 bits per heavy atom. The Morgan fingerprint density at radius 1 is 1.05 bits per heavy atom. The van der Waals surface area contributed by atoms with Gasteiger partial charge in [-0.3, -0.25) is 0 Å². The van der Waals surface area contributed by atoms with Crippen LogP contribution in [0.4, 0.5) is 14.5 Å². The summed E-state index contributed by atoms with van der Waals surface area (Å²) in [6.07, 6.45) is 3.19. The highest BCUT2D eigenvalue weighted by molar-refractivity contribution is 5.45. The van der Waals surface area contributed by atoms with E-state index in [1.54, 1.807) is 0 Å². The molecule has 1 saturated carbocycles. The van der Waals surface area contributed by atoms with Gasteiger partial charge in [0.25, 0.3) is 0 Å². The van der Waals surface area contributed by atoms with E-state index < -0.39 is 11.6 Å². The predicted molar refractivity (Wildman–Crippen MR) is 75.2 cm³/mol. The fourth-order valence-electron chi connectivity index (χ4n) is 3.77. The molecule has 0 spiro atoms. The van der Waals surface area contributed by atoms with Crippen molar-refractivity contribution >= 4 is 5.69 Å². The first-order valence-corrected chi connectivity index (χ1v) is 6.89. The van der Waals surface area contributed by atoms with E-state index in [0.29, 0.717) is 5.69 Å². The Labute approximate surface area is 114 Å². The van der Waals surface area contributed by atoms with Crippen LogP contribution in [-0.4, -0.2) is 6.04 Å². The van der Waals surface area contributed by atoms with Gasteiger partial charge in [-0.15, -0.1) is 0 Å². The van der Waals surface area contributed by atoms with Crippen LogP contribution >= 0.6 is 0 Å². The summed E-state index contributed by atoms with van der Waals surface area (Å²) in [7, 11) is 0. The van der Waals surface area contributed by atoms with Crippen molar-refractivity contribution in [2.45, 2.75) is 53.0 Å². The Balaban J connectivity index is 2.14. The van der Waals surface area contributed by atoms with Crippen molar-refractivity contribution in [2.75, 3.05) is 5.32 Å². The molecule has 0 unspecified atom stereocenters. The fraction of sp³-hybridized carbons (Fsp3) is 0.625. The van der Waals surface area contributed by atoms with Crippen LogP contribution in [0.1, 0.15) is 47.0 Å². The first kappa shape index (κ1) is 14.3. The van der Waals surface area contributed by atoms with Crippen molar-refractivity contribution in [2.24, 2.45) is 10.8 Å². The molecule has 2 rings (SSSR count). The molecule has 1 nitrogen and oxygen atoms in total. The molecule has 1 aromatic carbocycles. The number of hydrogen-bond donors (Lipinski definition) is 1. The summed E-state index contributed by atoms with van der Waals surface area (Å²) in [5.41, 5.74) is 0.895. The minimum atomic E-state index is -0.535. The van der Waals surface area contributed by atoms with Gasteiger partial charge in [0.2, 0.25) is 0 Å². The summed E-state index contributed by atoms with van der Waals surface area (Å²) in [5, 5.41) is 3.25. The molecule has 19 heavy (non-hydrogen) atoms. The van der Waals surface area contributed by atoms with Crippen LogP contribution in [-0.2, 0) is 0 Å². The van der Waals surface area contributed by atoms with E-state index >= 15 is 0 Å². The summed E-state index contributed by atoms with van der Waals surface area (Å²) in [6.45, 7) is 9.01. The minimum absolute atomic E-state index is 0.235. The molecule has 0 heterocycles. The Kier molecular flexibility index (Phi) is 3.59.